The molecule has 0 saturated carbocycles. The zero-order valence-electron chi connectivity index (χ0n) is 17.1. The molecule has 8 nitrogen and oxygen atoms in total. The number of hydrogen-bond acceptors (Lipinski definition) is 5. The molecule has 2 aromatic carbocycles. The van der Waals surface area contributed by atoms with Crippen LogP contribution in [-0.4, -0.2) is 41.9 Å². The Morgan fingerprint density at radius 1 is 1.10 bits per heavy atom. The first-order valence-electron chi connectivity index (χ1n) is 9.63. The Morgan fingerprint density at radius 2 is 1.74 bits per heavy atom. The summed E-state index contributed by atoms with van der Waals surface area (Å²) in [5, 5.41) is 4.24. The highest BCUT2D eigenvalue weighted by atomic mass is 35.5. The lowest BCUT2D eigenvalue weighted by molar-refractivity contribution is -0.151. The average Bonchev–Trinajstić information content (AvgIpc) is 3.06. The van der Waals surface area contributed by atoms with E-state index in [-0.39, 0.29) is 13.0 Å². The van der Waals surface area contributed by atoms with Gasteiger partial charge >= 0.3 is 5.97 Å². The quantitative estimate of drug-likeness (QED) is 0.668. The molecule has 0 radical (unpaired) electrons. The van der Waals surface area contributed by atoms with E-state index in [9.17, 15) is 19.2 Å². The Labute approximate surface area is 184 Å². The summed E-state index contributed by atoms with van der Waals surface area (Å²) in [6.07, 6.45) is -0.113. The molecule has 1 fully saturated rings. The number of anilines is 1. The van der Waals surface area contributed by atoms with Gasteiger partial charge in [-0.1, -0.05) is 17.7 Å². The smallest absolute Gasteiger partial charge is 0.311 e. The summed E-state index contributed by atoms with van der Waals surface area (Å²) in [5.74, 6) is -2.83. The number of carbonyl (C=O) groups excluding carboxylic acids is 4. The zero-order valence-corrected chi connectivity index (χ0v) is 17.9. The van der Waals surface area contributed by atoms with Crippen molar-refractivity contribution in [1.29, 1.82) is 0 Å². The van der Waals surface area contributed by atoms with Crippen LogP contribution < -0.4 is 10.7 Å². The number of hydrazine groups is 1. The van der Waals surface area contributed by atoms with Gasteiger partial charge in [-0.25, -0.2) is 0 Å². The molecule has 1 atom stereocenters. The first-order chi connectivity index (χ1) is 14.7. The molecule has 0 aliphatic carbocycles. The lowest BCUT2D eigenvalue weighted by atomic mass is 10.1. The SMILES string of the molecule is Cc1cc(C)cc(NC(=O)COC(=O)[C@@H]2CC(=O)N(NC(=O)c3ccc(Cl)cc3)C2)c1. The van der Waals surface area contributed by atoms with Crippen LogP contribution in [0.3, 0.4) is 0 Å². The molecule has 31 heavy (non-hydrogen) atoms. The molecule has 1 aliphatic heterocycles. The predicted molar refractivity (Wildman–Crippen MR) is 114 cm³/mol. The van der Waals surface area contributed by atoms with Crippen molar-refractivity contribution in [1.82, 2.24) is 10.4 Å². The van der Waals surface area contributed by atoms with Crippen LogP contribution >= 0.6 is 11.6 Å². The van der Waals surface area contributed by atoms with Gasteiger partial charge in [0.15, 0.2) is 6.61 Å². The fourth-order valence-corrected chi connectivity index (χ4v) is 3.39. The summed E-state index contributed by atoms with van der Waals surface area (Å²) in [4.78, 5) is 48.8. The van der Waals surface area contributed by atoms with Gasteiger partial charge in [0, 0.05) is 22.7 Å². The van der Waals surface area contributed by atoms with E-state index in [4.69, 9.17) is 16.3 Å². The van der Waals surface area contributed by atoms with Gasteiger partial charge in [0.2, 0.25) is 5.91 Å². The van der Waals surface area contributed by atoms with Gasteiger partial charge < -0.3 is 10.1 Å². The van der Waals surface area contributed by atoms with E-state index in [1.54, 1.807) is 12.1 Å². The van der Waals surface area contributed by atoms with E-state index in [1.807, 2.05) is 32.0 Å². The van der Waals surface area contributed by atoms with Crippen LogP contribution in [0.1, 0.15) is 27.9 Å². The molecule has 1 heterocycles. The number of esters is 1. The Kier molecular flexibility index (Phi) is 6.91. The molecule has 3 rings (SSSR count). The number of hydrogen-bond donors (Lipinski definition) is 2. The van der Waals surface area contributed by atoms with Crippen LogP contribution in [0, 0.1) is 19.8 Å². The van der Waals surface area contributed by atoms with Crippen molar-refractivity contribution in [3.63, 3.8) is 0 Å². The molecule has 3 amide bonds. The summed E-state index contributed by atoms with van der Waals surface area (Å²) >= 11 is 5.80. The maximum absolute atomic E-state index is 12.3. The van der Waals surface area contributed by atoms with Crippen molar-refractivity contribution in [2.24, 2.45) is 5.92 Å². The van der Waals surface area contributed by atoms with Gasteiger partial charge in [0.05, 0.1) is 12.5 Å². The molecule has 0 bridgehead atoms. The van der Waals surface area contributed by atoms with Gasteiger partial charge in [-0.2, -0.15) is 0 Å². The van der Waals surface area contributed by atoms with Crippen LogP contribution in [0.4, 0.5) is 5.69 Å². The largest absolute Gasteiger partial charge is 0.455 e. The summed E-state index contributed by atoms with van der Waals surface area (Å²) in [6, 6.07) is 11.8. The molecule has 162 valence electrons. The minimum atomic E-state index is -0.771. The number of amides is 3. The van der Waals surface area contributed by atoms with Crippen molar-refractivity contribution >= 4 is 41.0 Å². The van der Waals surface area contributed by atoms with E-state index in [0.717, 1.165) is 16.1 Å². The topological polar surface area (TPSA) is 105 Å². The first kappa shape index (κ1) is 22.3. The lowest BCUT2D eigenvalue weighted by Gasteiger charge is -2.17. The summed E-state index contributed by atoms with van der Waals surface area (Å²) in [6.45, 7) is 3.33. The third kappa shape index (κ3) is 6.05. The molecule has 1 saturated heterocycles. The van der Waals surface area contributed by atoms with Crippen LogP contribution in [0.2, 0.25) is 5.02 Å². The number of halogens is 1. The molecule has 2 N–H and O–H groups in total. The minimum absolute atomic E-state index is 0.0321. The van der Waals surface area contributed by atoms with Crippen molar-refractivity contribution in [3.05, 3.63) is 64.2 Å². The fraction of sp³-hybridized carbons (Fsp3) is 0.273. The molecule has 0 spiro atoms. The van der Waals surface area contributed by atoms with Gasteiger partial charge in [-0.05, 0) is 61.4 Å². The highest BCUT2D eigenvalue weighted by Gasteiger charge is 2.36. The van der Waals surface area contributed by atoms with Gasteiger partial charge in [0.25, 0.3) is 11.8 Å². The Hall–Kier alpha value is -3.39. The van der Waals surface area contributed by atoms with Crippen LogP contribution in [0.25, 0.3) is 0 Å². The third-order valence-electron chi connectivity index (χ3n) is 4.65. The Bertz CT molecular complexity index is 1000. The van der Waals surface area contributed by atoms with E-state index in [1.165, 1.54) is 12.1 Å². The lowest BCUT2D eigenvalue weighted by Crippen LogP contribution is -2.43. The van der Waals surface area contributed by atoms with E-state index in [2.05, 4.69) is 10.7 Å². The Balaban J connectivity index is 1.48. The highest BCUT2D eigenvalue weighted by Crippen LogP contribution is 2.19. The summed E-state index contributed by atoms with van der Waals surface area (Å²) in [5.41, 5.74) is 5.41. The molecule has 1 aliphatic rings. The third-order valence-corrected chi connectivity index (χ3v) is 4.90. The number of benzene rings is 2. The maximum Gasteiger partial charge on any atom is 0.311 e. The van der Waals surface area contributed by atoms with Gasteiger partial charge in [-0.15, -0.1) is 0 Å². The fourth-order valence-electron chi connectivity index (χ4n) is 3.26. The second-order valence-electron chi connectivity index (χ2n) is 7.39. The van der Waals surface area contributed by atoms with Gasteiger partial charge in [-0.3, -0.25) is 29.6 Å². The first-order valence-corrected chi connectivity index (χ1v) is 10.0. The van der Waals surface area contributed by atoms with Crippen molar-refractivity contribution in [3.8, 4) is 0 Å². The molecule has 9 heteroatoms. The minimum Gasteiger partial charge on any atom is -0.455 e. The zero-order chi connectivity index (χ0) is 22.5. The predicted octanol–water partition coefficient (Wildman–Crippen LogP) is 2.63. The van der Waals surface area contributed by atoms with E-state index >= 15 is 0 Å². The molecular formula is C22H22ClN3O5. The number of nitrogens with zero attached hydrogens (tertiary/aromatic N) is 1. The Morgan fingerprint density at radius 3 is 2.39 bits per heavy atom. The second-order valence-corrected chi connectivity index (χ2v) is 7.82. The van der Waals surface area contributed by atoms with Crippen molar-refractivity contribution in [2.45, 2.75) is 20.3 Å². The van der Waals surface area contributed by atoms with Gasteiger partial charge in [0.1, 0.15) is 0 Å². The number of rotatable bonds is 6. The number of aryl methyl sites for hydroxylation is 2. The molecule has 2 aromatic rings. The monoisotopic (exact) mass is 443 g/mol. The van der Waals surface area contributed by atoms with Crippen molar-refractivity contribution in [2.75, 3.05) is 18.5 Å². The molecule has 0 aromatic heterocycles. The van der Waals surface area contributed by atoms with Crippen LogP contribution in [0.15, 0.2) is 42.5 Å². The van der Waals surface area contributed by atoms with Crippen LogP contribution in [-0.2, 0) is 19.1 Å². The average molecular weight is 444 g/mol. The maximum atomic E-state index is 12.3. The molecular weight excluding hydrogens is 422 g/mol. The standard InChI is InChI=1S/C22H22ClN3O5/c1-13-7-14(2)9-18(8-13)24-19(27)12-31-22(30)16-10-20(28)26(11-16)25-21(29)15-3-5-17(23)6-4-15/h3-9,16H,10-12H2,1-2H3,(H,24,27)(H,25,29)/t16-/m1/s1. The van der Waals surface area contributed by atoms with Crippen LogP contribution in [0.5, 0.6) is 0 Å². The van der Waals surface area contributed by atoms with E-state index < -0.39 is 36.2 Å². The number of ether oxygens (including phenoxy) is 1. The molecule has 0 unspecified atom stereocenters. The van der Waals surface area contributed by atoms with E-state index in [0.29, 0.717) is 16.3 Å². The van der Waals surface area contributed by atoms with Crippen molar-refractivity contribution < 1.29 is 23.9 Å². The normalized spacial score (nSPS) is 15.5. The summed E-state index contributed by atoms with van der Waals surface area (Å²) in [7, 11) is 0. The summed E-state index contributed by atoms with van der Waals surface area (Å²) < 4.78 is 5.06. The highest BCUT2D eigenvalue weighted by molar-refractivity contribution is 6.30. The second kappa shape index (κ2) is 9.61. The number of nitrogens with one attached hydrogen (secondary N) is 2. The number of carbonyl (C=O) groups is 4.